The minimum absolute atomic E-state index is 0.103. The lowest BCUT2D eigenvalue weighted by molar-refractivity contribution is -0.126. The summed E-state index contributed by atoms with van der Waals surface area (Å²) in [6.45, 7) is 4.34. The van der Waals surface area contributed by atoms with Gasteiger partial charge in [-0.3, -0.25) is 14.5 Å². The van der Waals surface area contributed by atoms with Crippen LogP contribution in [-0.2, 0) is 4.79 Å². The van der Waals surface area contributed by atoms with Crippen LogP contribution < -0.4 is 5.32 Å². The molecule has 0 aliphatic carbocycles. The first kappa shape index (κ1) is 18.6. The molecule has 0 aromatic heterocycles. The average Bonchev–Trinajstić information content (AvgIpc) is 2.58. The molecule has 1 atom stereocenters. The van der Waals surface area contributed by atoms with Gasteiger partial charge in [-0.25, -0.2) is 0 Å². The lowest BCUT2D eigenvalue weighted by Crippen LogP contribution is -2.55. The standard InChI is InChI=1S/C17H19Cl2N3O2/c1-3-6-20-16(23)12(2)21-7-9-22(10-8-21)17(24)14-5-4-13(18)11-15(14)19/h1,4-5,11-12H,6-10H2,2H3,(H,20,23). The zero-order valence-corrected chi connectivity index (χ0v) is 14.9. The molecule has 1 unspecified atom stereocenters. The Balaban J connectivity index is 1.93. The van der Waals surface area contributed by atoms with Crippen LogP contribution in [0.1, 0.15) is 17.3 Å². The van der Waals surface area contributed by atoms with Crippen molar-refractivity contribution in [2.45, 2.75) is 13.0 Å². The van der Waals surface area contributed by atoms with Crippen LogP contribution in [0.5, 0.6) is 0 Å². The Morgan fingerprint density at radius 2 is 1.96 bits per heavy atom. The summed E-state index contributed by atoms with van der Waals surface area (Å²) in [5, 5.41) is 3.51. The van der Waals surface area contributed by atoms with E-state index >= 15 is 0 Å². The van der Waals surface area contributed by atoms with Crippen molar-refractivity contribution in [3.8, 4) is 12.3 Å². The molecule has 1 N–H and O–H groups in total. The fourth-order valence-electron chi connectivity index (χ4n) is 2.60. The third-order valence-corrected chi connectivity index (χ3v) is 4.60. The van der Waals surface area contributed by atoms with E-state index in [2.05, 4.69) is 11.2 Å². The van der Waals surface area contributed by atoms with Crippen molar-refractivity contribution in [2.24, 2.45) is 0 Å². The van der Waals surface area contributed by atoms with Gasteiger partial charge in [0.1, 0.15) is 0 Å². The van der Waals surface area contributed by atoms with E-state index in [1.54, 1.807) is 23.1 Å². The molecule has 5 nitrogen and oxygen atoms in total. The quantitative estimate of drug-likeness (QED) is 0.826. The molecule has 2 rings (SSSR count). The molecule has 0 bridgehead atoms. The number of hydrogen-bond acceptors (Lipinski definition) is 3. The molecule has 1 aromatic carbocycles. The summed E-state index contributed by atoms with van der Waals surface area (Å²) in [5.41, 5.74) is 0.439. The average molecular weight is 368 g/mol. The van der Waals surface area contributed by atoms with Crippen molar-refractivity contribution in [1.82, 2.24) is 15.1 Å². The van der Waals surface area contributed by atoms with E-state index in [-0.39, 0.29) is 24.4 Å². The van der Waals surface area contributed by atoms with Gasteiger partial charge in [-0.2, -0.15) is 0 Å². The Kier molecular flexibility index (Phi) is 6.50. The van der Waals surface area contributed by atoms with Crippen LogP contribution in [0.4, 0.5) is 0 Å². The minimum Gasteiger partial charge on any atom is -0.344 e. The van der Waals surface area contributed by atoms with Gasteiger partial charge in [-0.1, -0.05) is 29.1 Å². The SMILES string of the molecule is C#CCNC(=O)C(C)N1CCN(C(=O)c2ccc(Cl)cc2Cl)CC1. The van der Waals surface area contributed by atoms with E-state index in [1.807, 2.05) is 11.8 Å². The molecule has 0 saturated carbocycles. The van der Waals surface area contributed by atoms with E-state index in [4.69, 9.17) is 29.6 Å². The Bertz CT molecular complexity index is 664. The maximum atomic E-state index is 12.6. The van der Waals surface area contributed by atoms with Crippen LogP contribution in [0.3, 0.4) is 0 Å². The van der Waals surface area contributed by atoms with Crippen LogP contribution in [0, 0.1) is 12.3 Å². The molecule has 0 spiro atoms. The molecule has 2 amide bonds. The Hall–Kier alpha value is -1.74. The van der Waals surface area contributed by atoms with Crippen LogP contribution in [0.15, 0.2) is 18.2 Å². The van der Waals surface area contributed by atoms with Gasteiger partial charge in [0.05, 0.1) is 23.2 Å². The number of rotatable bonds is 4. The molecule has 128 valence electrons. The monoisotopic (exact) mass is 367 g/mol. The van der Waals surface area contributed by atoms with Crippen molar-refractivity contribution in [3.05, 3.63) is 33.8 Å². The van der Waals surface area contributed by atoms with Crippen molar-refractivity contribution in [3.63, 3.8) is 0 Å². The zero-order valence-electron chi connectivity index (χ0n) is 13.4. The van der Waals surface area contributed by atoms with E-state index in [0.717, 1.165) is 0 Å². The normalized spacial score (nSPS) is 16.3. The van der Waals surface area contributed by atoms with E-state index < -0.39 is 0 Å². The maximum Gasteiger partial charge on any atom is 0.255 e. The molecule has 7 heteroatoms. The molecule has 1 aromatic rings. The first-order valence-electron chi connectivity index (χ1n) is 7.63. The number of terminal acetylenes is 1. The Morgan fingerprint density at radius 1 is 1.29 bits per heavy atom. The van der Waals surface area contributed by atoms with Gasteiger partial charge in [-0.15, -0.1) is 6.42 Å². The number of carbonyl (C=O) groups is 2. The van der Waals surface area contributed by atoms with Gasteiger partial charge in [0.2, 0.25) is 5.91 Å². The number of halogens is 2. The molecule has 1 fully saturated rings. The van der Waals surface area contributed by atoms with Gasteiger partial charge in [0, 0.05) is 31.2 Å². The lowest BCUT2D eigenvalue weighted by Gasteiger charge is -2.37. The Labute approximate surface area is 151 Å². The van der Waals surface area contributed by atoms with Crippen molar-refractivity contribution in [1.29, 1.82) is 0 Å². The molecule has 1 aliphatic rings. The van der Waals surface area contributed by atoms with Gasteiger partial charge < -0.3 is 10.2 Å². The second-order valence-corrected chi connectivity index (χ2v) is 6.39. The van der Waals surface area contributed by atoms with E-state index in [9.17, 15) is 9.59 Å². The first-order valence-corrected chi connectivity index (χ1v) is 8.39. The van der Waals surface area contributed by atoms with Gasteiger partial charge >= 0.3 is 0 Å². The second kappa shape index (κ2) is 8.39. The highest BCUT2D eigenvalue weighted by Gasteiger charge is 2.28. The van der Waals surface area contributed by atoms with E-state index in [0.29, 0.717) is 41.8 Å². The molecule has 1 heterocycles. The zero-order chi connectivity index (χ0) is 17.7. The topological polar surface area (TPSA) is 52.7 Å². The van der Waals surface area contributed by atoms with Crippen molar-refractivity contribution in [2.75, 3.05) is 32.7 Å². The number of benzene rings is 1. The lowest BCUT2D eigenvalue weighted by atomic mass is 10.1. The van der Waals surface area contributed by atoms with Crippen molar-refractivity contribution < 1.29 is 9.59 Å². The molecule has 0 radical (unpaired) electrons. The third-order valence-electron chi connectivity index (χ3n) is 4.05. The summed E-state index contributed by atoms with van der Waals surface area (Å²) in [6, 6.07) is 4.56. The Morgan fingerprint density at radius 3 is 2.54 bits per heavy atom. The molecular weight excluding hydrogens is 349 g/mol. The second-order valence-electron chi connectivity index (χ2n) is 5.55. The smallest absolute Gasteiger partial charge is 0.255 e. The predicted octanol–water partition coefficient (Wildman–Crippen LogP) is 1.89. The molecule has 24 heavy (non-hydrogen) atoms. The van der Waals surface area contributed by atoms with Crippen molar-refractivity contribution >= 4 is 35.0 Å². The number of nitrogens with one attached hydrogen (secondary N) is 1. The number of piperazine rings is 1. The summed E-state index contributed by atoms with van der Waals surface area (Å²) in [6.07, 6.45) is 5.14. The minimum atomic E-state index is -0.283. The van der Waals surface area contributed by atoms with E-state index in [1.165, 1.54) is 0 Å². The highest BCUT2D eigenvalue weighted by Crippen LogP contribution is 2.23. The molecular formula is C17H19Cl2N3O2. The third kappa shape index (κ3) is 4.41. The van der Waals surface area contributed by atoms with Gasteiger partial charge in [0.15, 0.2) is 0 Å². The fourth-order valence-corrected chi connectivity index (χ4v) is 3.09. The molecule has 1 aliphatic heterocycles. The van der Waals surface area contributed by atoms with Gasteiger partial charge in [-0.05, 0) is 25.1 Å². The number of nitrogens with zero attached hydrogens (tertiary/aromatic N) is 2. The van der Waals surface area contributed by atoms with Crippen LogP contribution in [-0.4, -0.2) is 60.4 Å². The highest BCUT2D eigenvalue weighted by molar-refractivity contribution is 6.36. The van der Waals surface area contributed by atoms with Crippen LogP contribution >= 0.6 is 23.2 Å². The summed E-state index contributed by atoms with van der Waals surface area (Å²) in [7, 11) is 0. The van der Waals surface area contributed by atoms with Crippen LogP contribution in [0.2, 0.25) is 10.0 Å². The number of hydrogen-bond donors (Lipinski definition) is 1. The summed E-state index contributed by atoms with van der Waals surface area (Å²) >= 11 is 12.0. The summed E-state index contributed by atoms with van der Waals surface area (Å²) in [5.74, 6) is 2.15. The number of amides is 2. The maximum absolute atomic E-state index is 12.6. The summed E-state index contributed by atoms with van der Waals surface area (Å²) in [4.78, 5) is 28.3. The van der Waals surface area contributed by atoms with Crippen LogP contribution in [0.25, 0.3) is 0 Å². The largest absolute Gasteiger partial charge is 0.344 e. The highest BCUT2D eigenvalue weighted by atomic mass is 35.5. The summed E-state index contributed by atoms with van der Waals surface area (Å²) < 4.78 is 0. The predicted molar refractivity (Wildman–Crippen MR) is 95.2 cm³/mol. The number of carbonyl (C=O) groups excluding carboxylic acids is 2. The fraction of sp³-hybridized carbons (Fsp3) is 0.412. The molecule has 1 saturated heterocycles. The first-order chi connectivity index (χ1) is 11.4. The van der Waals surface area contributed by atoms with Gasteiger partial charge in [0.25, 0.3) is 5.91 Å².